The van der Waals surface area contributed by atoms with E-state index in [9.17, 15) is 4.79 Å². The second-order valence-corrected chi connectivity index (χ2v) is 3.97. The van der Waals surface area contributed by atoms with Gasteiger partial charge in [-0.25, -0.2) is 4.79 Å². The van der Waals surface area contributed by atoms with E-state index in [0.717, 1.165) is 11.1 Å². The van der Waals surface area contributed by atoms with Crippen LogP contribution in [0.5, 0.6) is 0 Å². The molecule has 0 saturated heterocycles. The van der Waals surface area contributed by atoms with Crippen molar-refractivity contribution in [2.45, 2.75) is 20.8 Å². The molecule has 1 aromatic heterocycles. The normalized spacial score (nSPS) is 11.1. The van der Waals surface area contributed by atoms with E-state index in [-0.39, 0.29) is 5.69 Å². The average molecular weight is 271 g/mol. The van der Waals surface area contributed by atoms with Crippen molar-refractivity contribution in [3.63, 3.8) is 0 Å². The van der Waals surface area contributed by atoms with Gasteiger partial charge in [0.2, 0.25) is 5.76 Å². The van der Waals surface area contributed by atoms with E-state index < -0.39 is 5.97 Å². The summed E-state index contributed by atoms with van der Waals surface area (Å²) in [5.74, 6) is 5.52. The van der Waals surface area contributed by atoms with Crippen molar-refractivity contribution in [2.24, 2.45) is 0 Å². The molecule has 4 heteroatoms. The monoisotopic (exact) mass is 271 g/mol. The Labute approximate surface area is 118 Å². The zero-order valence-corrected chi connectivity index (χ0v) is 11.9. The molecule has 0 unspecified atom stereocenters. The second kappa shape index (κ2) is 7.80. The van der Waals surface area contributed by atoms with E-state index in [1.165, 1.54) is 6.07 Å². The highest BCUT2D eigenvalue weighted by atomic mass is 16.5. The zero-order chi connectivity index (χ0) is 15.0. The van der Waals surface area contributed by atoms with Gasteiger partial charge in [-0.15, -0.1) is 0 Å². The van der Waals surface area contributed by atoms with Crippen LogP contribution in [0, 0.1) is 11.8 Å². The van der Waals surface area contributed by atoms with Gasteiger partial charge < -0.3 is 9.26 Å². The number of ether oxygens (including phenoxy) is 1. The third-order valence-electron chi connectivity index (χ3n) is 2.18. The molecule has 0 aliphatic heterocycles. The Kier molecular flexibility index (Phi) is 6.05. The van der Waals surface area contributed by atoms with Gasteiger partial charge in [-0.2, -0.15) is 0 Å². The minimum Gasteiger partial charge on any atom is -0.461 e. The second-order valence-electron chi connectivity index (χ2n) is 3.97. The first-order valence-electron chi connectivity index (χ1n) is 6.22. The number of carbonyl (C=O) groups is 1. The third-order valence-corrected chi connectivity index (χ3v) is 2.18. The molecule has 4 nitrogen and oxygen atoms in total. The van der Waals surface area contributed by atoms with Crippen LogP contribution in [0.1, 0.15) is 37.0 Å². The van der Waals surface area contributed by atoms with Crippen molar-refractivity contribution >= 4 is 5.97 Å². The molecule has 0 aliphatic rings. The number of hydrogen-bond donors (Lipinski definition) is 0. The Balaban J connectivity index is 2.82. The Morgan fingerprint density at radius 2 is 2.30 bits per heavy atom. The van der Waals surface area contributed by atoms with Crippen LogP contribution in [0.3, 0.4) is 0 Å². The summed E-state index contributed by atoms with van der Waals surface area (Å²) in [6.45, 7) is 9.59. The van der Waals surface area contributed by atoms with E-state index in [1.54, 1.807) is 6.92 Å². The molecule has 0 fully saturated rings. The standard InChI is InChI=1S/C16H17NO3/c1-5-13(8-7-12(3)4)9-10-14-11-15(17-20-14)16(18)19-6-2/h5,7-8,11H,3,6H2,1-2,4H3/b8-7-,13-5+. The lowest BCUT2D eigenvalue weighted by Gasteiger charge is -1.94. The van der Waals surface area contributed by atoms with E-state index in [4.69, 9.17) is 9.26 Å². The predicted octanol–water partition coefficient (Wildman–Crippen LogP) is 3.28. The summed E-state index contributed by atoms with van der Waals surface area (Å²) in [5.41, 5.74) is 1.88. The molecule has 0 bridgehead atoms. The Hall–Kier alpha value is -2.54. The SMILES string of the molecule is C=C(C)/C=C\C(C#Cc1cc(C(=O)OCC)no1)=C/C. The highest BCUT2D eigenvalue weighted by Gasteiger charge is 2.11. The number of nitrogens with zero attached hydrogens (tertiary/aromatic N) is 1. The molecular formula is C16H17NO3. The van der Waals surface area contributed by atoms with Gasteiger partial charge in [-0.3, -0.25) is 0 Å². The predicted molar refractivity (Wildman–Crippen MR) is 77.0 cm³/mol. The zero-order valence-electron chi connectivity index (χ0n) is 11.9. The van der Waals surface area contributed by atoms with Crippen LogP contribution in [0.2, 0.25) is 0 Å². The minimum absolute atomic E-state index is 0.121. The minimum atomic E-state index is -0.516. The fraction of sp³-hybridized carbons (Fsp3) is 0.250. The fourth-order valence-corrected chi connectivity index (χ4v) is 1.21. The summed E-state index contributed by atoms with van der Waals surface area (Å²) in [7, 11) is 0. The van der Waals surface area contributed by atoms with Crippen LogP contribution in [0.25, 0.3) is 0 Å². The van der Waals surface area contributed by atoms with E-state index >= 15 is 0 Å². The van der Waals surface area contributed by atoms with Gasteiger partial charge in [0.25, 0.3) is 0 Å². The summed E-state index contributed by atoms with van der Waals surface area (Å²) in [5, 5.41) is 3.61. The molecule has 0 radical (unpaired) electrons. The van der Waals surface area contributed by atoms with Crippen molar-refractivity contribution in [2.75, 3.05) is 6.61 Å². The van der Waals surface area contributed by atoms with Gasteiger partial charge in [0.15, 0.2) is 5.69 Å². The summed E-state index contributed by atoms with van der Waals surface area (Å²) < 4.78 is 9.77. The van der Waals surface area contributed by atoms with Crippen LogP contribution in [-0.2, 0) is 4.74 Å². The largest absolute Gasteiger partial charge is 0.461 e. The van der Waals surface area contributed by atoms with Crippen LogP contribution in [0.4, 0.5) is 0 Å². The molecule has 104 valence electrons. The van der Waals surface area contributed by atoms with E-state index in [0.29, 0.717) is 12.4 Å². The number of carbonyl (C=O) groups excluding carboxylic acids is 1. The number of rotatable bonds is 4. The topological polar surface area (TPSA) is 52.3 Å². The quantitative estimate of drug-likeness (QED) is 0.479. The third kappa shape index (κ3) is 4.99. The summed E-state index contributed by atoms with van der Waals surface area (Å²) in [6.07, 6.45) is 5.60. The molecule has 0 aliphatic carbocycles. The molecular weight excluding hydrogens is 254 g/mol. The van der Waals surface area contributed by atoms with E-state index in [2.05, 4.69) is 23.6 Å². The van der Waals surface area contributed by atoms with Gasteiger partial charge in [0, 0.05) is 11.6 Å². The molecule has 0 atom stereocenters. The molecule has 0 amide bonds. The number of esters is 1. The van der Waals surface area contributed by atoms with Gasteiger partial charge in [0.05, 0.1) is 6.61 Å². The Bertz CT molecular complexity index is 609. The molecule has 0 saturated carbocycles. The maximum atomic E-state index is 11.4. The molecule has 0 spiro atoms. The Morgan fingerprint density at radius 3 is 2.90 bits per heavy atom. The fourth-order valence-electron chi connectivity index (χ4n) is 1.21. The van der Waals surface area contributed by atoms with E-state index in [1.807, 2.05) is 32.1 Å². The molecule has 20 heavy (non-hydrogen) atoms. The summed E-state index contributed by atoms with van der Waals surface area (Å²) in [4.78, 5) is 11.4. The first-order chi connectivity index (χ1) is 9.56. The molecule has 1 rings (SSSR count). The highest BCUT2D eigenvalue weighted by Crippen LogP contribution is 2.05. The first kappa shape index (κ1) is 15.5. The highest BCUT2D eigenvalue weighted by molar-refractivity contribution is 5.87. The van der Waals surface area contributed by atoms with Gasteiger partial charge >= 0.3 is 5.97 Å². The van der Waals surface area contributed by atoms with Crippen LogP contribution < -0.4 is 0 Å². The van der Waals surface area contributed by atoms with Crippen molar-refractivity contribution in [1.82, 2.24) is 5.16 Å². The van der Waals surface area contributed by atoms with Crippen LogP contribution in [-0.4, -0.2) is 17.7 Å². The average Bonchev–Trinajstić information content (AvgIpc) is 2.88. The van der Waals surface area contributed by atoms with Crippen molar-refractivity contribution in [3.05, 3.63) is 53.5 Å². The number of aromatic nitrogens is 1. The van der Waals surface area contributed by atoms with Gasteiger partial charge in [0.1, 0.15) is 0 Å². The van der Waals surface area contributed by atoms with Crippen molar-refractivity contribution in [3.8, 4) is 11.8 Å². The molecule has 0 N–H and O–H groups in total. The molecule has 1 heterocycles. The maximum absolute atomic E-state index is 11.4. The van der Waals surface area contributed by atoms with Crippen LogP contribution in [0.15, 0.2) is 46.5 Å². The lowest BCUT2D eigenvalue weighted by atomic mass is 10.2. The Morgan fingerprint density at radius 1 is 1.55 bits per heavy atom. The smallest absolute Gasteiger partial charge is 0.360 e. The summed E-state index contributed by atoms with van der Waals surface area (Å²) >= 11 is 0. The first-order valence-corrected chi connectivity index (χ1v) is 6.22. The lowest BCUT2D eigenvalue weighted by molar-refractivity contribution is 0.0514. The molecule has 0 aromatic carbocycles. The van der Waals surface area contributed by atoms with Crippen LogP contribution >= 0.6 is 0 Å². The summed E-state index contributed by atoms with van der Waals surface area (Å²) in [6, 6.07) is 1.46. The van der Waals surface area contributed by atoms with Gasteiger partial charge in [-0.05, 0) is 32.8 Å². The van der Waals surface area contributed by atoms with Gasteiger partial charge in [-0.1, -0.05) is 35.4 Å². The van der Waals surface area contributed by atoms with Crippen molar-refractivity contribution < 1.29 is 14.1 Å². The van der Waals surface area contributed by atoms with Crippen molar-refractivity contribution in [1.29, 1.82) is 0 Å². The maximum Gasteiger partial charge on any atom is 0.360 e. The number of hydrogen-bond acceptors (Lipinski definition) is 4. The molecule has 1 aromatic rings. The lowest BCUT2D eigenvalue weighted by Crippen LogP contribution is -2.04. The number of allylic oxidation sites excluding steroid dienone is 5.